The third-order valence-corrected chi connectivity index (χ3v) is 6.11. The second-order valence-corrected chi connectivity index (χ2v) is 9.03. The van der Waals surface area contributed by atoms with Gasteiger partial charge in [0.05, 0.1) is 12.1 Å². The van der Waals surface area contributed by atoms with Crippen LogP contribution in [0.4, 0.5) is 0 Å². The van der Waals surface area contributed by atoms with E-state index in [2.05, 4.69) is 43.2 Å². The second-order valence-electron chi connectivity index (χ2n) is 7.35. The lowest BCUT2D eigenvalue weighted by molar-refractivity contribution is 0.0949. The highest BCUT2D eigenvalue weighted by molar-refractivity contribution is 14.1. The summed E-state index contributed by atoms with van der Waals surface area (Å²) in [6.45, 7) is 0.983. The van der Waals surface area contributed by atoms with Gasteiger partial charge in [-0.2, -0.15) is 5.10 Å². The van der Waals surface area contributed by atoms with Crippen molar-refractivity contribution in [2.75, 3.05) is 6.54 Å². The van der Waals surface area contributed by atoms with Crippen molar-refractivity contribution < 1.29 is 4.79 Å². The van der Waals surface area contributed by atoms with Gasteiger partial charge >= 0.3 is 0 Å². The van der Waals surface area contributed by atoms with Crippen LogP contribution in [0.5, 0.6) is 0 Å². The number of halogens is 2. The maximum atomic E-state index is 13.0. The minimum Gasteiger partial charge on any atom is -0.350 e. The Morgan fingerprint density at radius 3 is 2.75 bits per heavy atom. The number of aromatic nitrogens is 5. The first-order valence-corrected chi connectivity index (χ1v) is 11.5. The molecule has 7 nitrogen and oxygen atoms in total. The van der Waals surface area contributed by atoms with Crippen LogP contribution in [0.25, 0.3) is 16.6 Å². The average Bonchev–Trinajstić information content (AvgIpc) is 3.37. The monoisotopic (exact) mass is 556 g/mol. The van der Waals surface area contributed by atoms with Crippen LogP contribution in [0.2, 0.25) is 5.02 Å². The molecule has 5 aromatic rings. The van der Waals surface area contributed by atoms with Crippen LogP contribution in [0.1, 0.15) is 21.9 Å². The fraction of sp³-hybridized carbons (Fsp3) is 0.130. The molecule has 9 heteroatoms. The summed E-state index contributed by atoms with van der Waals surface area (Å²) in [5, 5.41) is 17.5. The molecule has 0 saturated heterocycles. The van der Waals surface area contributed by atoms with E-state index in [0.717, 1.165) is 31.5 Å². The van der Waals surface area contributed by atoms with E-state index < -0.39 is 0 Å². The molecule has 0 aliphatic heterocycles. The smallest absolute Gasteiger partial charge is 0.272 e. The summed E-state index contributed by atoms with van der Waals surface area (Å²) in [6.07, 6.45) is 2.48. The number of carbonyl (C=O) groups excluding carboxylic acids is 1. The van der Waals surface area contributed by atoms with E-state index in [1.165, 1.54) is 0 Å². The lowest BCUT2D eigenvalue weighted by Crippen LogP contribution is -2.27. The Kier molecular flexibility index (Phi) is 5.79. The van der Waals surface area contributed by atoms with Gasteiger partial charge in [0.25, 0.3) is 5.91 Å². The summed E-state index contributed by atoms with van der Waals surface area (Å²) in [6, 6.07) is 19.4. The van der Waals surface area contributed by atoms with E-state index >= 15 is 0 Å². The molecule has 3 aromatic heterocycles. The topological polar surface area (TPSA) is 77.1 Å². The Labute approximate surface area is 202 Å². The molecule has 0 unspecified atom stereocenters. The molecule has 0 saturated carbocycles. The number of carbonyl (C=O) groups is 1. The van der Waals surface area contributed by atoms with Crippen LogP contribution in [0.15, 0.2) is 66.9 Å². The number of hydrogen-bond acceptors (Lipinski definition) is 4. The Morgan fingerprint density at radius 1 is 1.06 bits per heavy atom. The molecular weight excluding hydrogens is 539 g/mol. The molecule has 0 spiro atoms. The Hall–Kier alpha value is -2.98. The highest BCUT2D eigenvalue weighted by Crippen LogP contribution is 2.23. The molecule has 32 heavy (non-hydrogen) atoms. The molecule has 0 fully saturated rings. The van der Waals surface area contributed by atoms with Gasteiger partial charge < -0.3 is 5.32 Å². The Balaban J connectivity index is 1.37. The van der Waals surface area contributed by atoms with Gasteiger partial charge in [-0.05, 0) is 70.6 Å². The van der Waals surface area contributed by atoms with Crippen molar-refractivity contribution in [2.24, 2.45) is 0 Å². The number of amides is 1. The van der Waals surface area contributed by atoms with E-state index in [1.54, 1.807) is 0 Å². The largest absolute Gasteiger partial charge is 0.350 e. The highest BCUT2D eigenvalue weighted by atomic mass is 127. The number of pyridine rings is 1. The van der Waals surface area contributed by atoms with E-state index in [9.17, 15) is 4.79 Å². The van der Waals surface area contributed by atoms with E-state index in [4.69, 9.17) is 11.6 Å². The standard InChI is InChI=1S/C23H18ClIN6O/c24-16-6-4-15(5-7-16)14-31-19-9-8-17(25)13-18(19)22(29-31)23(32)26-11-10-21-28-27-20-3-1-2-12-30(20)21/h1-9,12-13H,10-11,14H2,(H,26,32). The van der Waals surface area contributed by atoms with Crippen LogP contribution in [0, 0.1) is 3.57 Å². The fourth-order valence-electron chi connectivity index (χ4n) is 3.64. The lowest BCUT2D eigenvalue weighted by Gasteiger charge is -2.04. The first-order chi connectivity index (χ1) is 15.6. The molecule has 160 valence electrons. The Morgan fingerprint density at radius 2 is 1.91 bits per heavy atom. The third-order valence-electron chi connectivity index (χ3n) is 5.19. The third kappa shape index (κ3) is 4.20. The van der Waals surface area contributed by atoms with Crippen LogP contribution >= 0.6 is 34.2 Å². The molecule has 3 heterocycles. The maximum Gasteiger partial charge on any atom is 0.272 e. The zero-order valence-corrected chi connectivity index (χ0v) is 19.8. The van der Waals surface area contributed by atoms with Gasteiger partial charge in [-0.1, -0.05) is 29.8 Å². The van der Waals surface area contributed by atoms with Crippen molar-refractivity contribution in [3.05, 3.63) is 92.5 Å². The van der Waals surface area contributed by atoms with Crippen molar-refractivity contribution >= 4 is 56.6 Å². The van der Waals surface area contributed by atoms with E-state index in [-0.39, 0.29) is 5.91 Å². The van der Waals surface area contributed by atoms with Crippen LogP contribution < -0.4 is 5.32 Å². The van der Waals surface area contributed by atoms with Crippen molar-refractivity contribution in [1.29, 1.82) is 0 Å². The lowest BCUT2D eigenvalue weighted by atomic mass is 10.2. The van der Waals surface area contributed by atoms with E-state index in [0.29, 0.717) is 30.2 Å². The Bertz CT molecular complexity index is 1430. The van der Waals surface area contributed by atoms with Gasteiger partial charge in [0, 0.05) is 33.1 Å². The van der Waals surface area contributed by atoms with Gasteiger partial charge in [-0.15, -0.1) is 10.2 Å². The molecule has 1 N–H and O–H groups in total. The number of benzene rings is 2. The SMILES string of the molecule is O=C(NCCc1nnc2ccccn12)c1nn(Cc2ccc(Cl)cc2)c2ccc(I)cc12. The number of hydrogen-bond donors (Lipinski definition) is 1. The van der Waals surface area contributed by atoms with Gasteiger partial charge in [0.15, 0.2) is 11.3 Å². The molecule has 0 radical (unpaired) electrons. The van der Waals surface area contributed by atoms with Crippen LogP contribution in [-0.2, 0) is 13.0 Å². The molecular formula is C23H18ClIN6O. The molecule has 1 amide bonds. The van der Waals surface area contributed by atoms with Crippen LogP contribution in [-0.4, -0.2) is 36.8 Å². The van der Waals surface area contributed by atoms with Crippen molar-refractivity contribution in [3.63, 3.8) is 0 Å². The number of nitrogens with zero attached hydrogens (tertiary/aromatic N) is 5. The minimum absolute atomic E-state index is 0.208. The number of fused-ring (bicyclic) bond motifs is 2. The second kappa shape index (κ2) is 8.87. The average molecular weight is 557 g/mol. The molecule has 0 aliphatic rings. The van der Waals surface area contributed by atoms with Crippen molar-refractivity contribution in [2.45, 2.75) is 13.0 Å². The van der Waals surface area contributed by atoms with Gasteiger partial charge in [-0.25, -0.2) is 0 Å². The predicted molar refractivity (Wildman–Crippen MR) is 132 cm³/mol. The summed E-state index contributed by atoms with van der Waals surface area (Å²) in [4.78, 5) is 13.0. The first-order valence-electron chi connectivity index (χ1n) is 10.1. The van der Waals surface area contributed by atoms with Gasteiger partial charge in [0.2, 0.25) is 0 Å². The quantitative estimate of drug-likeness (QED) is 0.316. The number of nitrogens with one attached hydrogen (secondary N) is 1. The summed E-state index contributed by atoms with van der Waals surface area (Å²) < 4.78 is 4.82. The van der Waals surface area contributed by atoms with E-state index in [1.807, 2.05) is 75.9 Å². The maximum absolute atomic E-state index is 13.0. The molecule has 0 bridgehead atoms. The zero-order chi connectivity index (χ0) is 22.1. The minimum atomic E-state index is -0.208. The summed E-state index contributed by atoms with van der Waals surface area (Å²) in [5.41, 5.74) is 3.17. The van der Waals surface area contributed by atoms with Crippen molar-refractivity contribution in [1.82, 2.24) is 29.7 Å². The zero-order valence-electron chi connectivity index (χ0n) is 16.9. The van der Waals surface area contributed by atoms with Crippen molar-refractivity contribution in [3.8, 4) is 0 Å². The first kappa shape index (κ1) is 20.9. The number of rotatable bonds is 6. The molecule has 2 aromatic carbocycles. The molecule has 0 atom stereocenters. The fourth-order valence-corrected chi connectivity index (χ4v) is 4.25. The van der Waals surface area contributed by atoms with Gasteiger partial charge in [0.1, 0.15) is 5.82 Å². The van der Waals surface area contributed by atoms with Crippen LogP contribution in [0.3, 0.4) is 0 Å². The molecule has 0 aliphatic carbocycles. The summed E-state index contributed by atoms with van der Waals surface area (Å²) in [5.74, 6) is 0.592. The summed E-state index contributed by atoms with van der Waals surface area (Å²) >= 11 is 8.25. The van der Waals surface area contributed by atoms with Gasteiger partial charge in [-0.3, -0.25) is 13.9 Å². The summed E-state index contributed by atoms with van der Waals surface area (Å²) in [7, 11) is 0. The highest BCUT2D eigenvalue weighted by Gasteiger charge is 2.18. The molecule has 5 rings (SSSR count). The normalized spacial score (nSPS) is 11.3. The predicted octanol–water partition coefficient (Wildman–Crippen LogP) is 4.36.